The number of nitrogens with one attached hydrogen (secondary N) is 2. The van der Waals surface area contributed by atoms with Gasteiger partial charge in [0.2, 0.25) is 10.0 Å². The number of nitrogens with zero attached hydrogens (tertiary/aromatic N) is 2. The summed E-state index contributed by atoms with van der Waals surface area (Å²) < 4.78 is 83.7. The number of rotatable bonds is 6. The van der Waals surface area contributed by atoms with Crippen molar-refractivity contribution in [3.05, 3.63) is 57.7 Å². The molecule has 10 nitrogen and oxygen atoms in total. The number of amidine groups is 1. The maximum atomic E-state index is 14.6. The lowest BCUT2D eigenvalue weighted by Gasteiger charge is -2.44. The Labute approximate surface area is 227 Å². The number of fused-ring (bicyclic) bond motifs is 6. The van der Waals surface area contributed by atoms with E-state index in [0.717, 1.165) is 49.0 Å². The summed E-state index contributed by atoms with van der Waals surface area (Å²) in [7, 11) is -7.97. The largest absolute Gasteiger partial charge is 0.511 e. The summed E-state index contributed by atoms with van der Waals surface area (Å²) in [6, 6.07) is 2.71. The Balaban J connectivity index is 1.40. The van der Waals surface area contributed by atoms with Crippen LogP contribution in [-0.2, 0) is 37.9 Å². The summed E-state index contributed by atoms with van der Waals surface area (Å²) in [5, 5.41) is 15.8. The molecule has 2 fully saturated rings. The molecule has 0 saturated heterocycles. The van der Waals surface area contributed by atoms with E-state index in [1.54, 1.807) is 0 Å². The summed E-state index contributed by atoms with van der Waals surface area (Å²) in [4.78, 5) is 15.1. The number of aliphatic hydroxyl groups excluding tert-OH is 1. The molecular weight excluding hydrogens is 574 g/mol. The Kier molecular flexibility index (Phi) is 6.13. The third-order valence-electron chi connectivity index (χ3n) is 7.91. The van der Waals surface area contributed by atoms with Crippen LogP contribution in [0, 0.1) is 29.4 Å². The molecule has 2 bridgehead atoms. The average Bonchev–Trinajstić information content (AvgIpc) is 3.56. The summed E-state index contributed by atoms with van der Waals surface area (Å²) in [5.74, 6) is -3.16. The van der Waals surface area contributed by atoms with Gasteiger partial charge in [-0.1, -0.05) is 6.07 Å². The van der Waals surface area contributed by atoms with Gasteiger partial charge in [0, 0.05) is 42.2 Å². The fourth-order valence-electron chi connectivity index (χ4n) is 6.37. The van der Waals surface area contributed by atoms with Crippen molar-refractivity contribution in [1.29, 1.82) is 0 Å². The predicted octanol–water partition coefficient (Wildman–Crippen LogP) is 2.86. The molecular formula is C24H24F2N4O6S3. The fourth-order valence-corrected chi connectivity index (χ4v) is 9.39. The topological polar surface area (TPSA) is 145 Å². The van der Waals surface area contributed by atoms with Gasteiger partial charge in [-0.3, -0.25) is 4.79 Å². The normalized spacial score (nSPS) is 27.3. The van der Waals surface area contributed by atoms with Gasteiger partial charge in [0.1, 0.15) is 32.9 Å². The van der Waals surface area contributed by atoms with E-state index >= 15 is 0 Å². The zero-order valence-corrected chi connectivity index (χ0v) is 23.0. The highest BCUT2D eigenvalue weighted by Crippen LogP contribution is 2.55. The Hall–Kier alpha value is -2.88. The number of anilines is 1. The zero-order valence-electron chi connectivity index (χ0n) is 20.5. The second kappa shape index (κ2) is 9.08. The number of hydrogen-bond acceptors (Lipinski definition) is 8. The van der Waals surface area contributed by atoms with Crippen LogP contribution in [0.25, 0.3) is 0 Å². The van der Waals surface area contributed by atoms with Crippen LogP contribution >= 0.6 is 11.3 Å². The molecule has 39 heavy (non-hydrogen) atoms. The summed E-state index contributed by atoms with van der Waals surface area (Å²) in [6.07, 6.45) is 3.40. The molecule has 15 heteroatoms. The molecule has 0 radical (unpaired) electrons. The van der Waals surface area contributed by atoms with Crippen molar-refractivity contribution < 1.29 is 35.5 Å². The molecule has 2 saturated carbocycles. The van der Waals surface area contributed by atoms with Gasteiger partial charge in [0.05, 0.1) is 6.26 Å². The quantitative estimate of drug-likeness (QED) is 0.464. The minimum absolute atomic E-state index is 0.0652. The SMILES string of the molecule is CS(=O)(=O)NCc1csc2c1S(=O)(=O)N=C(C1=C(O)C3C([C@@H]4CC[C@H]3C4)N(Cc3ccc(F)cc3F)C1=O)N2. The van der Waals surface area contributed by atoms with Crippen LogP contribution in [0.15, 0.2) is 44.2 Å². The first-order chi connectivity index (χ1) is 18.3. The van der Waals surface area contributed by atoms with E-state index in [2.05, 4.69) is 14.4 Å². The molecule has 6 rings (SSSR count). The third kappa shape index (κ3) is 4.44. The molecule has 1 aromatic heterocycles. The van der Waals surface area contributed by atoms with Crippen LogP contribution in [0.1, 0.15) is 30.4 Å². The number of thiophene rings is 1. The van der Waals surface area contributed by atoms with Gasteiger partial charge in [-0.2, -0.15) is 8.42 Å². The maximum Gasteiger partial charge on any atom is 0.287 e. The van der Waals surface area contributed by atoms with Crippen molar-refractivity contribution in [1.82, 2.24) is 9.62 Å². The van der Waals surface area contributed by atoms with Crippen LogP contribution in [0.2, 0.25) is 0 Å². The van der Waals surface area contributed by atoms with E-state index in [4.69, 9.17) is 0 Å². The van der Waals surface area contributed by atoms with Crippen LogP contribution in [0.4, 0.5) is 13.8 Å². The van der Waals surface area contributed by atoms with E-state index in [1.165, 1.54) is 16.3 Å². The van der Waals surface area contributed by atoms with E-state index < -0.39 is 49.5 Å². The van der Waals surface area contributed by atoms with Crippen molar-refractivity contribution in [3.63, 3.8) is 0 Å². The molecule has 2 aromatic rings. The molecule has 3 N–H and O–H groups in total. The Bertz CT molecular complexity index is 1680. The molecule has 4 aliphatic rings. The second-order valence-corrected chi connectivity index (χ2v) is 14.6. The zero-order chi connectivity index (χ0) is 27.9. The van der Waals surface area contributed by atoms with Gasteiger partial charge in [0.15, 0.2) is 5.84 Å². The van der Waals surface area contributed by atoms with Crippen molar-refractivity contribution in [2.45, 2.75) is 43.3 Å². The number of hydrogen-bond donors (Lipinski definition) is 3. The highest BCUT2D eigenvalue weighted by Gasteiger charge is 2.57. The minimum atomic E-state index is -4.38. The monoisotopic (exact) mass is 598 g/mol. The number of sulfonamides is 2. The standard InChI is InChI=1S/C24H24F2N4O6S3/c1-38(33,34)27-8-14-10-37-23-21(14)39(35,36)29-22(28-23)18-20(31)17-11-2-3-12(6-11)19(17)30(24(18)32)9-13-4-5-15(25)7-16(13)26/h4-5,7,10-12,17,19,27,31H,2-3,6,8-9H2,1H3,(H,28,29)/t11-,12+,17?,19?/m0/s1. The molecule has 208 valence electrons. The lowest BCUT2D eigenvalue weighted by molar-refractivity contribution is -0.134. The molecule has 1 amide bonds. The average molecular weight is 599 g/mol. The van der Waals surface area contributed by atoms with Crippen LogP contribution in [0.3, 0.4) is 0 Å². The van der Waals surface area contributed by atoms with Gasteiger partial charge in [-0.05, 0) is 42.5 Å². The third-order valence-corrected chi connectivity index (χ3v) is 11.1. The Morgan fingerprint density at radius 1 is 1.23 bits per heavy atom. The molecule has 3 heterocycles. The van der Waals surface area contributed by atoms with Crippen LogP contribution in [0.5, 0.6) is 0 Å². The van der Waals surface area contributed by atoms with Crippen LogP contribution < -0.4 is 10.0 Å². The summed E-state index contributed by atoms with van der Waals surface area (Å²) >= 11 is 0.993. The van der Waals surface area contributed by atoms with Crippen molar-refractivity contribution in [2.75, 3.05) is 11.6 Å². The summed E-state index contributed by atoms with van der Waals surface area (Å²) in [6.45, 7) is -0.454. The van der Waals surface area contributed by atoms with Crippen molar-refractivity contribution in [3.8, 4) is 0 Å². The minimum Gasteiger partial charge on any atom is -0.511 e. The lowest BCUT2D eigenvalue weighted by Crippen LogP contribution is -2.53. The molecule has 2 aliphatic heterocycles. The number of halogens is 2. The number of carbonyl (C=O) groups is 1. The number of amides is 1. The number of benzene rings is 1. The van der Waals surface area contributed by atoms with E-state index in [9.17, 15) is 35.5 Å². The van der Waals surface area contributed by atoms with Gasteiger partial charge < -0.3 is 15.3 Å². The fraction of sp³-hybridized carbons (Fsp3) is 0.417. The molecule has 2 unspecified atom stereocenters. The molecule has 0 spiro atoms. The second-order valence-electron chi connectivity index (χ2n) is 10.3. The van der Waals surface area contributed by atoms with Gasteiger partial charge in [0.25, 0.3) is 15.9 Å². The number of carbonyl (C=O) groups excluding carboxylic acids is 1. The van der Waals surface area contributed by atoms with E-state index in [0.29, 0.717) is 0 Å². The molecule has 2 aliphatic carbocycles. The smallest absolute Gasteiger partial charge is 0.287 e. The maximum absolute atomic E-state index is 14.6. The van der Waals surface area contributed by atoms with E-state index in [1.807, 2.05) is 0 Å². The van der Waals surface area contributed by atoms with Gasteiger partial charge in [-0.15, -0.1) is 15.7 Å². The van der Waals surface area contributed by atoms with Gasteiger partial charge in [-0.25, -0.2) is 21.9 Å². The first kappa shape index (κ1) is 26.3. The van der Waals surface area contributed by atoms with Crippen LogP contribution in [-0.4, -0.2) is 50.9 Å². The number of aliphatic hydroxyl groups is 1. The highest BCUT2D eigenvalue weighted by atomic mass is 32.2. The summed E-state index contributed by atoms with van der Waals surface area (Å²) in [5.41, 5.74) is -0.0167. The predicted molar refractivity (Wildman–Crippen MR) is 139 cm³/mol. The highest BCUT2D eigenvalue weighted by molar-refractivity contribution is 7.91. The van der Waals surface area contributed by atoms with Crippen molar-refractivity contribution in [2.24, 2.45) is 22.2 Å². The van der Waals surface area contributed by atoms with E-state index in [-0.39, 0.29) is 63.1 Å². The van der Waals surface area contributed by atoms with Gasteiger partial charge >= 0.3 is 0 Å². The van der Waals surface area contributed by atoms with Crippen molar-refractivity contribution >= 4 is 48.1 Å². The molecule has 4 atom stereocenters. The Morgan fingerprint density at radius 2 is 1.97 bits per heavy atom. The first-order valence-electron chi connectivity index (χ1n) is 12.2. The Morgan fingerprint density at radius 3 is 2.69 bits per heavy atom. The molecule has 1 aromatic carbocycles. The lowest BCUT2D eigenvalue weighted by atomic mass is 9.77. The first-order valence-corrected chi connectivity index (χ1v) is 16.4.